The van der Waals surface area contributed by atoms with Crippen molar-refractivity contribution in [2.75, 3.05) is 13.7 Å². The molecule has 0 bridgehead atoms. The van der Waals surface area contributed by atoms with Crippen molar-refractivity contribution in [2.24, 2.45) is 0 Å². The van der Waals surface area contributed by atoms with Crippen LogP contribution < -0.4 is 10.1 Å². The molecular weight excluding hydrogens is 274 g/mol. The second-order valence-corrected chi connectivity index (χ2v) is 4.68. The highest BCUT2D eigenvalue weighted by molar-refractivity contribution is 5.35. The van der Waals surface area contributed by atoms with E-state index >= 15 is 0 Å². The average molecular weight is 292 g/mol. The van der Waals surface area contributed by atoms with Crippen LogP contribution >= 0.6 is 0 Å². The number of pyridine rings is 1. The third-order valence-electron chi connectivity index (χ3n) is 3.19. The van der Waals surface area contributed by atoms with E-state index in [1.807, 2.05) is 6.92 Å². The number of methoxy groups -OCH3 is 1. The molecule has 0 spiro atoms. The van der Waals surface area contributed by atoms with Crippen LogP contribution in [0.25, 0.3) is 0 Å². The number of benzene rings is 1. The Morgan fingerprint density at radius 3 is 2.57 bits per heavy atom. The molecule has 5 heteroatoms. The second kappa shape index (κ2) is 7.13. The van der Waals surface area contributed by atoms with Crippen LogP contribution in [0.15, 0.2) is 36.7 Å². The molecule has 1 heterocycles. The van der Waals surface area contributed by atoms with Crippen molar-refractivity contribution in [3.05, 3.63) is 59.4 Å². The van der Waals surface area contributed by atoms with Crippen LogP contribution in [0.3, 0.4) is 0 Å². The van der Waals surface area contributed by atoms with Crippen LogP contribution in [0.2, 0.25) is 0 Å². The Kier molecular flexibility index (Phi) is 5.22. The summed E-state index contributed by atoms with van der Waals surface area (Å²) >= 11 is 0. The Hall–Kier alpha value is -2.01. The molecular formula is C16H18F2N2O. The van der Waals surface area contributed by atoms with Gasteiger partial charge in [0.1, 0.15) is 17.4 Å². The minimum Gasteiger partial charge on any atom is -0.495 e. The summed E-state index contributed by atoms with van der Waals surface area (Å²) in [6.07, 6.45) is 3.99. The van der Waals surface area contributed by atoms with Crippen LogP contribution in [-0.2, 0) is 0 Å². The smallest absolute Gasteiger partial charge is 0.137 e. The van der Waals surface area contributed by atoms with Gasteiger partial charge in [0.15, 0.2) is 0 Å². The van der Waals surface area contributed by atoms with Crippen molar-refractivity contribution in [1.29, 1.82) is 0 Å². The lowest BCUT2D eigenvalue weighted by molar-refractivity contribution is 0.411. The molecule has 0 radical (unpaired) electrons. The largest absolute Gasteiger partial charge is 0.495 e. The highest BCUT2D eigenvalue weighted by atomic mass is 19.1. The van der Waals surface area contributed by atoms with Crippen LogP contribution in [0.4, 0.5) is 8.78 Å². The van der Waals surface area contributed by atoms with E-state index in [1.54, 1.807) is 18.5 Å². The fourth-order valence-electron chi connectivity index (χ4n) is 2.17. The molecule has 0 aliphatic heterocycles. The number of rotatable bonds is 6. The molecule has 1 N–H and O–H groups in total. The second-order valence-electron chi connectivity index (χ2n) is 4.68. The lowest BCUT2D eigenvalue weighted by Crippen LogP contribution is -2.25. The fourth-order valence-corrected chi connectivity index (χ4v) is 2.17. The van der Waals surface area contributed by atoms with Crippen LogP contribution in [0.5, 0.6) is 5.75 Å². The van der Waals surface area contributed by atoms with Crippen LogP contribution in [0.1, 0.15) is 30.5 Å². The molecule has 0 saturated heterocycles. The van der Waals surface area contributed by atoms with Crippen molar-refractivity contribution in [2.45, 2.75) is 19.4 Å². The molecule has 2 rings (SSSR count). The number of hydrogen-bond donors (Lipinski definition) is 1. The zero-order chi connectivity index (χ0) is 15.2. The monoisotopic (exact) mass is 292 g/mol. The molecule has 0 amide bonds. The van der Waals surface area contributed by atoms with E-state index in [9.17, 15) is 8.78 Å². The number of hydrogen-bond acceptors (Lipinski definition) is 3. The maximum Gasteiger partial charge on any atom is 0.137 e. The molecule has 0 saturated carbocycles. The normalized spacial score (nSPS) is 12.2. The van der Waals surface area contributed by atoms with E-state index in [0.29, 0.717) is 17.9 Å². The fraction of sp³-hybridized carbons (Fsp3) is 0.312. The van der Waals surface area contributed by atoms with Crippen LogP contribution in [0, 0.1) is 11.6 Å². The molecule has 112 valence electrons. The SMILES string of the molecule is CCCNC(c1cncc(OC)c1)c1c(F)cccc1F. The summed E-state index contributed by atoms with van der Waals surface area (Å²) in [5, 5.41) is 3.16. The Labute approximate surface area is 123 Å². The van der Waals surface area contributed by atoms with E-state index < -0.39 is 17.7 Å². The molecule has 1 aromatic heterocycles. The van der Waals surface area contributed by atoms with Gasteiger partial charge in [0.25, 0.3) is 0 Å². The van der Waals surface area contributed by atoms with E-state index in [-0.39, 0.29) is 5.56 Å². The van der Waals surface area contributed by atoms with Gasteiger partial charge in [-0.05, 0) is 36.7 Å². The number of ether oxygens (including phenoxy) is 1. The summed E-state index contributed by atoms with van der Waals surface area (Å²) in [6.45, 7) is 2.63. The first-order chi connectivity index (χ1) is 10.2. The van der Waals surface area contributed by atoms with E-state index in [0.717, 1.165) is 6.42 Å². The van der Waals surface area contributed by atoms with Crippen molar-refractivity contribution in [1.82, 2.24) is 10.3 Å². The Morgan fingerprint density at radius 2 is 1.95 bits per heavy atom. The third kappa shape index (κ3) is 3.55. The van der Waals surface area contributed by atoms with Gasteiger partial charge in [-0.1, -0.05) is 13.0 Å². The van der Waals surface area contributed by atoms with Gasteiger partial charge in [0.05, 0.1) is 19.3 Å². The Bertz CT molecular complexity index is 584. The number of halogens is 2. The summed E-state index contributed by atoms with van der Waals surface area (Å²) in [7, 11) is 1.53. The number of nitrogens with one attached hydrogen (secondary N) is 1. The summed E-state index contributed by atoms with van der Waals surface area (Å²) in [6, 6.07) is 4.99. The molecule has 0 aliphatic rings. The van der Waals surface area contributed by atoms with Crippen molar-refractivity contribution in [3.63, 3.8) is 0 Å². The van der Waals surface area contributed by atoms with E-state index in [4.69, 9.17) is 4.74 Å². The molecule has 1 aromatic carbocycles. The zero-order valence-electron chi connectivity index (χ0n) is 12.1. The molecule has 3 nitrogen and oxygen atoms in total. The Morgan fingerprint density at radius 1 is 1.24 bits per heavy atom. The topological polar surface area (TPSA) is 34.2 Å². The summed E-state index contributed by atoms with van der Waals surface area (Å²) < 4.78 is 33.3. The minimum absolute atomic E-state index is 0.000929. The Balaban J connectivity index is 2.47. The molecule has 2 aromatic rings. The van der Waals surface area contributed by atoms with E-state index in [1.165, 1.54) is 25.3 Å². The maximum atomic E-state index is 14.1. The summed E-state index contributed by atoms with van der Waals surface area (Å²) in [5.74, 6) is -0.606. The highest BCUT2D eigenvalue weighted by Gasteiger charge is 2.22. The quantitative estimate of drug-likeness (QED) is 0.885. The molecule has 0 fully saturated rings. The molecule has 0 aliphatic carbocycles. The first-order valence-corrected chi connectivity index (χ1v) is 6.83. The summed E-state index contributed by atoms with van der Waals surface area (Å²) in [5.41, 5.74) is 0.660. The molecule has 21 heavy (non-hydrogen) atoms. The van der Waals surface area contributed by atoms with Crippen LogP contribution in [-0.4, -0.2) is 18.6 Å². The van der Waals surface area contributed by atoms with Gasteiger partial charge in [0, 0.05) is 11.8 Å². The standard InChI is InChI=1S/C16H18F2N2O/c1-3-7-20-16(11-8-12(21-2)10-19-9-11)15-13(17)5-4-6-14(15)18/h4-6,8-10,16,20H,3,7H2,1-2H3. The summed E-state index contributed by atoms with van der Waals surface area (Å²) in [4.78, 5) is 4.06. The maximum absolute atomic E-state index is 14.1. The number of aromatic nitrogens is 1. The van der Waals surface area contributed by atoms with Gasteiger partial charge in [0.2, 0.25) is 0 Å². The van der Waals surface area contributed by atoms with Crippen molar-refractivity contribution in [3.8, 4) is 5.75 Å². The first kappa shape index (κ1) is 15.4. The van der Waals surface area contributed by atoms with Gasteiger partial charge in [-0.3, -0.25) is 4.98 Å². The average Bonchev–Trinajstić information content (AvgIpc) is 2.50. The van der Waals surface area contributed by atoms with Crippen molar-refractivity contribution >= 4 is 0 Å². The zero-order valence-corrected chi connectivity index (χ0v) is 12.1. The van der Waals surface area contributed by atoms with Gasteiger partial charge in [-0.15, -0.1) is 0 Å². The lowest BCUT2D eigenvalue weighted by Gasteiger charge is -2.20. The van der Waals surface area contributed by atoms with Gasteiger partial charge >= 0.3 is 0 Å². The van der Waals surface area contributed by atoms with E-state index in [2.05, 4.69) is 10.3 Å². The van der Waals surface area contributed by atoms with Gasteiger partial charge in [-0.2, -0.15) is 0 Å². The molecule has 1 atom stereocenters. The molecule has 1 unspecified atom stereocenters. The predicted molar refractivity (Wildman–Crippen MR) is 77.3 cm³/mol. The van der Waals surface area contributed by atoms with Crippen molar-refractivity contribution < 1.29 is 13.5 Å². The van der Waals surface area contributed by atoms with Gasteiger partial charge < -0.3 is 10.1 Å². The predicted octanol–water partition coefficient (Wildman–Crippen LogP) is 3.46. The lowest BCUT2D eigenvalue weighted by atomic mass is 9.98. The highest BCUT2D eigenvalue weighted by Crippen LogP contribution is 2.28. The minimum atomic E-state index is -0.603. The third-order valence-corrected chi connectivity index (χ3v) is 3.19. The first-order valence-electron chi connectivity index (χ1n) is 6.83. The van der Waals surface area contributed by atoms with Gasteiger partial charge in [-0.25, -0.2) is 8.78 Å². The number of nitrogens with zero attached hydrogens (tertiary/aromatic N) is 1.